The summed E-state index contributed by atoms with van der Waals surface area (Å²) in [5, 5.41) is 7.03. The Kier molecular flexibility index (Phi) is 3.62. The fourth-order valence-electron chi connectivity index (χ4n) is 3.01. The zero-order chi connectivity index (χ0) is 15.7. The molecule has 0 unspecified atom stereocenters. The summed E-state index contributed by atoms with van der Waals surface area (Å²) in [6, 6.07) is 3.74. The molecule has 4 heterocycles. The number of hydrogen-bond donors (Lipinski definition) is 1. The van der Waals surface area contributed by atoms with E-state index in [0.29, 0.717) is 24.8 Å². The predicted molar refractivity (Wildman–Crippen MR) is 82.6 cm³/mol. The molecule has 8 nitrogen and oxygen atoms in total. The maximum Gasteiger partial charge on any atom is 0.175 e. The molecule has 0 aromatic carbocycles. The van der Waals surface area contributed by atoms with Crippen molar-refractivity contribution in [3.63, 3.8) is 0 Å². The number of nitrogens with zero attached hydrogens (tertiary/aromatic N) is 4. The lowest BCUT2D eigenvalue weighted by molar-refractivity contribution is -0.169. The van der Waals surface area contributed by atoms with Gasteiger partial charge in [-0.2, -0.15) is 0 Å². The van der Waals surface area contributed by atoms with Crippen LogP contribution in [0.4, 0.5) is 17.5 Å². The van der Waals surface area contributed by atoms with E-state index in [2.05, 4.69) is 25.3 Å². The molecule has 0 radical (unpaired) electrons. The van der Waals surface area contributed by atoms with E-state index in [1.54, 1.807) is 6.33 Å². The van der Waals surface area contributed by atoms with Crippen molar-refractivity contribution in [3.8, 4) is 0 Å². The lowest BCUT2D eigenvalue weighted by Gasteiger charge is -2.38. The molecule has 2 aromatic heterocycles. The fraction of sp³-hybridized carbons (Fsp3) is 0.533. The third-order valence-corrected chi connectivity index (χ3v) is 4.20. The van der Waals surface area contributed by atoms with Crippen LogP contribution in [0.1, 0.15) is 18.6 Å². The zero-order valence-corrected chi connectivity index (χ0v) is 13.0. The van der Waals surface area contributed by atoms with Crippen LogP contribution in [0.3, 0.4) is 0 Å². The van der Waals surface area contributed by atoms with Gasteiger partial charge in [0.25, 0.3) is 0 Å². The van der Waals surface area contributed by atoms with E-state index >= 15 is 0 Å². The summed E-state index contributed by atoms with van der Waals surface area (Å²) >= 11 is 0. The molecule has 0 amide bonds. The van der Waals surface area contributed by atoms with Crippen molar-refractivity contribution in [1.82, 2.24) is 15.1 Å². The first-order chi connectivity index (χ1) is 11.2. The molecular formula is C15H19N5O3. The minimum Gasteiger partial charge on any atom is -0.360 e. The molecule has 0 atom stereocenters. The Morgan fingerprint density at radius 1 is 1.09 bits per heavy atom. The number of nitrogens with one attached hydrogen (secondary N) is 1. The van der Waals surface area contributed by atoms with E-state index in [1.165, 1.54) is 0 Å². The van der Waals surface area contributed by atoms with E-state index in [-0.39, 0.29) is 5.79 Å². The predicted octanol–water partition coefficient (Wildman–Crippen LogP) is 1.86. The third-order valence-electron chi connectivity index (χ3n) is 4.20. The molecule has 2 aliphatic rings. The summed E-state index contributed by atoms with van der Waals surface area (Å²) in [6.45, 7) is 4.93. The van der Waals surface area contributed by atoms with Crippen molar-refractivity contribution in [2.24, 2.45) is 0 Å². The van der Waals surface area contributed by atoms with Gasteiger partial charge in [-0.15, -0.1) is 0 Å². The lowest BCUT2D eigenvalue weighted by atomic mass is 10.0. The van der Waals surface area contributed by atoms with Crippen LogP contribution in [0.25, 0.3) is 0 Å². The normalized spacial score (nSPS) is 20.1. The Morgan fingerprint density at radius 2 is 1.87 bits per heavy atom. The summed E-state index contributed by atoms with van der Waals surface area (Å²) in [5.41, 5.74) is 0. The average Bonchev–Trinajstić information content (AvgIpc) is 3.18. The standard InChI is InChI=1S/C15H19N5O3/c1-11-8-13(19-23-11)18-12-9-14(17-10-16-12)20-4-2-15(3-5-20)21-6-7-22-15/h8-10H,2-7H2,1H3,(H,16,17,18,19). The van der Waals surface area contributed by atoms with Gasteiger partial charge in [-0.1, -0.05) is 5.16 Å². The first kappa shape index (κ1) is 14.4. The first-order valence-electron chi connectivity index (χ1n) is 7.78. The smallest absolute Gasteiger partial charge is 0.175 e. The molecule has 23 heavy (non-hydrogen) atoms. The van der Waals surface area contributed by atoms with Crippen LogP contribution in [-0.2, 0) is 9.47 Å². The van der Waals surface area contributed by atoms with Crippen LogP contribution in [0.5, 0.6) is 0 Å². The van der Waals surface area contributed by atoms with Crippen LogP contribution in [0, 0.1) is 6.92 Å². The summed E-state index contributed by atoms with van der Waals surface area (Å²) in [4.78, 5) is 10.8. The van der Waals surface area contributed by atoms with E-state index < -0.39 is 0 Å². The Hall–Kier alpha value is -2.19. The molecule has 1 spiro atoms. The minimum atomic E-state index is -0.372. The highest BCUT2D eigenvalue weighted by Crippen LogP contribution is 2.33. The van der Waals surface area contributed by atoms with E-state index in [1.807, 2.05) is 19.1 Å². The van der Waals surface area contributed by atoms with Crippen molar-refractivity contribution in [1.29, 1.82) is 0 Å². The number of anilines is 3. The SMILES string of the molecule is Cc1cc(Nc2cc(N3CCC4(CC3)OCCO4)ncn2)no1. The summed E-state index contributed by atoms with van der Waals surface area (Å²) < 4.78 is 16.6. The average molecular weight is 317 g/mol. The summed E-state index contributed by atoms with van der Waals surface area (Å²) in [6.07, 6.45) is 3.25. The molecule has 122 valence electrons. The van der Waals surface area contributed by atoms with Crippen molar-refractivity contribution in [2.45, 2.75) is 25.6 Å². The maximum absolute atomic E-state index is 5.76. The molecule has 0 bridgehead atoms. The van der Waals surface area contributed by atoms with Crippen molar-refractivity contribution < 1.29 is 14.0 Å². The molecule has 0 saturated carbocycles. The second-order valence-electron chi connectivity index (χ2n) is 5.80. The number of hydrogen-bond acceptors (Lipinski definition) is 8. The molecule has 8 heteroatoms. The van der Waals surface area contributed by atoms with Gasteiger partial charge in [0.05, 0.1) is 13.2 Å². The zero-order valence-electron chi connectivity index (χ0n) is 13.0. The van der Waals surface area contributed by atoms with Crippen LogP contribution in [0.15, 0.2) is 23.0 Å². The Balaban J connectivity index is 1.44. The van der Waals surface area contributed by atoms with E-state index in [4.69, 9.17) is 14.0 Å². The fourth-order valence-corrected chi connectivity index (χ4v) is 3.01. The molecule has 2 aromatic rings. The van der Waals surface area contributed by atoms with Crippen molar-refractivity contribution >= 4 is 17.5 Å². The highest BCUT2D eigenvalue weighted by atomic mass is 16.7. The van der Waals surface area contributed by atoms with Gasteiger partial charge in [-0.3, -0.25) is 0 Å². The van der Waals surface area contributed by atoms with Crippen LogP contribution >= 0.6 is 0 Å². The van der Waals surface area contributed by atoms with Gasteiger partial charge in [0.15, 0.2) is 11.6 Å². The highest BCUT2D eigenvalue weighted by Gasteiger charge is 2.40. The molecule has 2 fully saturated rings. The van der Waals surface area contributed by atoms with Crippen molar-refractivity contribution in [3.05, 3.63) is 24.2 Å². The minimum absolute atomic E-state index is 0.372. The van der Waals surface area contributed by atoms with Crippen molar-refractivity contribution in [2.75, 3.05) is 36.5 Å². The molecular weight excluding hydrogens is 298 g/mol. The van der Waals surface area contributed by atoms with Gasteiger partial charge < -0.3 is 24.2 Å². The second-order valence-corrected chi connectivity index (χ2v) is 5.80. The molecule has 4 rings (SSSR count). The lowest BCUT2D eigenvalue weighted by Crippen LogP contribution is -2.45. The monoisotopic (exact) mass is 317 g/mol. The van der Waals surface area contributed by atoms with Crippen LogP contribution < -0.4 is 10.2 Å². The Labute approximate surface area is 133 Å². The van der Waals surface area contributed by atoms with Gasteiger partial charge in [-0.25, -0.2) is 9.97 Å². The number of aromatic nitrogens is 3. The first-order valence-corrected chi connectivity index (χ1v) is 7.78. The summed E-state index contributed by atoms with van der Waals surface area (Å²) in [7, 11) is 0. The number of piperidine rings is 1. The molecule has 2 saturated heterocycles. The Bertz CT molecular complexity index is 673. The van der Waals surface area contributed by atoms with Crippen LogP contribution in [0.2, 0.25) is 0 Å². The van der Waals surface area contributed by atoms with E-state index in [0.717, 1.165) is 37.5 Å². The molecule has 2 aliphatic heterocycles. The summed E-state index contributed by atoms with van der Waals surface area (Å²) in [5.74, 6) is 2.59. The topological polar surface area (TPSA) is 85.5 Å². The third kappa shape index (κ3) is 2.99. The number of ether oxygens (including phenoxy) is 2. The van der Waals surface area contributed by atoms with Gasteiger partial charge in [0, 0.05) is 38.1 Å². The quantitative estimate of drug-likeness (QED) is 0.918. The Morgan fingerprint density at radius 3 is 2.57 bits per heavy atom. The van der Waals surface area contributed by atoms with Crippen LogP contribution in [-0.4, -0.2) is 47.2 Å². The van der Waals surface area contributed by atoms with E-state index in [9.17, 15) is 0 Å². The van der Waals surface area contributed by atoms with Gasteiger partial charge >= 0.3 is 0 Å². The molecule has 1 N–H and O–H groups in total. The molecule has 0 aliphatic carbocycles. The number of rotatable bonds is 3. The van der Waals surface area contributed by atoms with Gasteiger partial charge in [0.1, 0.15) is 23.7 Å². The number of aryl methyl sites for hydroxylation is 1. The largest absolute Gasteiger partial charge is 0.360 e. The van der Waals surface area contributed by atoms with Gasteiger partial charge in [-0.05, 0) is 6.92 Å². The highest BCUT2D eigenvalue weighted by molar-refractivity contribution is 5.56. The second kappa shape index (κ2) is 5.78. The van der Waals surface area contributed by atoms with Gasteiger partial charge in [0.2, 0.25) is 0 Å². The maximum atomic E-state index is 5.76.